The molecule has 1 aromatic heterocycles. The van der Waals surface area contributed by atoms with E-state index in [4.69, 9.17) is 9.52 Å². The molecular formula is C14H14O4. The largest absolute Gasteiger partial charge is 0.475 e. The molecule has 2 rings (SSSR count). The third kappa shape index (κ3) is 2.28. The summed E-state index contributed by atoms with van der Waals surface area (Å²) in [5.74, 6) is -1.08. The summed E-state index contributed by atoms with van der Waals surface area (Å²) in [6.45, 7) is 3.87. The van der Waals surface area contributed by atoms with Crippen molar-refractivity contribution < 1.29 is 19.4 Å². The van der Waals surface area contributed by atoms with Crippen LogP contribution in [0.3, 0.4) is 0 Å². The number of aliphatic hydroxyl groups is 1. The molecule has 0 spiro atoms. The van der Waals surface area contributed by atoms with Gasteiger partial charge in [0.15, 0.2) is 0 Å². The molecule has 18 heavy (non-hydrogen) atoms. The summed E-state index contributed by atoms with van der Waals surface area (Å²) in [6, 6.07) is 8.49. The Labute approximate surface area is 104 Å². The van der Waals surface area contributed by atoms with Crippen molar-refractivity contribution in [3.05, 3.63) is 58.5 Å². The first kappa shape index (κ1) is 12.4. The van der Waals surface area contributed by atoms with Crippen LogP contribution in [0, 0.1) is 13.8 Å². The molecular weight excluding hydrogens is 232 g/mol. The van der Waals surface area contributed by atoms with E-state index in [0.717, 1.165) is 11.1 Å². The zero-order valence-corrected chi connectivity index (χ0v) is 10.2. The molecule has 2 N–H and O–H groups in total. The van der Waals surface area contributed by atoms with Crippen molar-refractivity contribution in [2.75, 3.05) is 0 Å². The molecule has 0 radical (unpaired) electrons. The zero-order chi connectivity index (χ0) is 13.3. The number of benzene rings is 1. The van der Waals surface area contributed by atoms with Crippen LogP contribution in [0.2, 0.25) is 0 Å². The van der Waals surface area contributed by atoms with E-state index in [-0.39, 0.29) is 11.5 Å². The highest BCUT2D eigenvalue weighted by Crippen LogP contribution is 2.26. The normalized spacial score (nSPS) is 12.4. The summed E-state index contributed by atoms with van der Waals surface area (Å²) in [4.78, 5) is 10.7. The van der Waals surface area contributed by atoms with Gasteiger partial charge in [-0.3, -0.25) is 0 Å². The third-order valence-electron chi connectivity index (χ3n) is 2.83. The van der Waals surface area contributed by atoms with Crippen molar-refractivity contribution in [2.24, 2.45) is 0 Å². The lowest BCUT2D eigenvalue weighted by molar-refractivity contribution is 0.0655. The van der Waals surface area contributed by atoms with E-state index >= 15 is 0 Å². The first-order chi connectivity index (χ1) is 8.49. The molecule has 0 saturated heterocycles. The summed E-state index contributed by atoms with van der Waals surface area (Å²) < 4.78 is 5.10. The van der Waals surface area contributed by atoms with Crippen molar-refractivity contribution in [3.63, 3.8) is 0 Å². The summed E-state index contributed by atoms with van der Waals surface area (Å²) in [5.41, 5.74) is 2.76. The van der Waals surface area contributed by atoms with Crippen LogP contribution in [0.1, 0.15) is 39.1 Å². The monoisotopic (exact) mass is 246 g/mol. The van der Waals surface area contributed by atoms with Gasteiger partial charge in [0.25, 0.3) is 0 Å². The Morgan fingerprint density at radius 2 is 1.94 bits per heavy atom. The van der Waals surface area contributed by atoms with Crippen LogP contribution in [0.25, 0.3) is 0 Å². The Balaban J connectivity index is 2.35. The molecule has 0 amide bonds. The second-order valence-electron chi connectivity index (χ2n) is 4.27. The average Bonchev–Trinajstić information content (AvgIpc) is 2.77. The predicted molar refractivity (Wildman–Crippen MR) is 65.6 cm³/mol. The molecule has 4 nitrogen and oxygen atoms in total. The van der Waals surface area contributed by atoms with E-state index in [1.54, 1.807) is 0 Å². The van der Waals surface area contributed by atoms with Gasteiger partial charge in [0, 0.05) is 0 Å². The predicted octanol–water partition coefficient (Wildman–Crippen LogP) is 2.68. The lowest BCUT2D eigenvalue weighted by Gasteiger charge is -2.11. The van der Waals surface area contributed by atoms with Gasteiger partial charge in [-0.15, -0.1) is 0 Å². The van der Waals surface area contributed by atoms with E-state index in [0.29, 0.717) is 5.56 Å². The van der Waals surface area contributed by atoms with Gasteiger partial charge in [-0.25, -0.2) is 4.79 Å². The van der Waals surface area contributed by atoms with Crippen LogP contribution >= 0.6 is 0 Å². The van der Waals surface area contributed by atoms with Crippen LogP contribution in [-0.2, 0) is 0 Å². The van der Waals surface area contributed by atoms with Crippen LogP contribution in [-0.4, -0.2) is 16.2 Å². The Morgan fingerprint density at radius 3 is 2.50 bits per heavy atom. The minimum Gasteiger partial charge on any atom is -0.475 e. The fraction of sp³-hybridized carbons (Fsp3) is 0.214. The first-order valence-electron chi connectivity index (χ1n) is 5.57. The van der Waals surface area contributed by atoms with E-state index in [1.165, 1.54) is 12.1 Å². The van der Waals surface area contributed by atoms with Gasteiger partial charge in [0.05, 0.1) is 0 Å². The standard InChI is InChI=1S/C14H14O4/c1-8-3-4-10(9(2)7-8)13(15)11-5-6-12(18-11)14(16)17/h3-7,13,15H,1-2H3,(H,16,17). The first-order valence-corrected chi connectivity index (χ1v) is 5.57. The highest BCUT2D eigenvalue weighted by molar-refractivity contribution is 5.84. The topological polar surface area (TPSA) is 70.7 Å². The second-order valence-corrected chi connectivity index (χ2v) is 4.27. The van der Waals surface area contributed by atoms with E-state index < -0.39 is 12.1 Å². The number of hydrogen-bond donors (Lipinski definition) is 2. The number of aliphatic hydroxyl groups excluding tert-OH is 1. The van der Waals surface area contributed by atoms with Crippen LogP contribution in [0.5, 0.6) is 0 Å². The number of aromatic carboxylic acids is 1. The molecule has 2 aromatic rings. The van der Waals surface area contributed by atoms with E-state index in [9.17, 15) is 9.90 Å². The zero-order valence-electron chi connectivity index (χ0n) is 10.2. The molecule has 94 valence electrons. The Bertz CT molecular complexity index is 583. The summed E-state index contributed by atoms with van der Waals surface area (Å²) in [7, 11) is 0. The van der Waals surface area contributed by atoms with Crippen molar-refractivity contribution in [2.45, 2.75) is 20.0 Å². The summed E-state index contributed by atoms with van der Waals surface area (Å²) >= 11 is 0. The number of furan rings is 1. The van der Waals surface area contributed by atoms with Crippen molar-refractivity contribution >= 4 is 5.97 Å². The number of carboxylic acids is 1. The number of hydrogen-bond acceptors (Lipinski definition) is 3. The van der Waals surface area contributed by atoms with Crippen LogP contribution in [0.4, 0.5) is 0 Å². The molecule has 1 heterocycles. The fourth-order valence-electron chi connectivity index (χ4n) is 1.90. The Hall–Kier alpha value is -2.07. The van der Waals surface area contributed by atoms with Gasteiger partial charge in [0.2, 0.25) is 5.76 Å². The minimum atomic E-state index is -1.14. The van der Waals surface area contributed by atoms with Gasteiger partial charge < -0.3 is 14.6 Å². The number of carbonyl (C=O) groups is 1. The lowest BCUT2D eigenvalue weighted by Crippen LogP contribution is -2.01. The van der Waals surface area contributed by atoms with Gasteiger partial charge in [-0.1, -0.05) is 23.8 Å². The highest BCUT2D eigenvalue weighted by atomic mass is 16.4. The molecule has 1 unspecified atom stereocenters. The number of aryl methyl sites for hydroxylation is 2. The Morgan fingerprint density at radius 1 is 1.22 bits per heavy atom. The van der Waals surface area contributed by atoms with Crippen molar-refractivity contribution in [3.8, 4) is 0 Å². The number of carboxylic acid groups (broad SMARTS) is 1. The second kappa shape index (κ2) is 4.66. The van der Waals surface area contributed by atoms with Crippen LogP contribution < -0.4 is 0 Å². The number of rotatable bonds is 3. The lowest BCUT2D eigenvalue weighted by atomic mass is 10.00. The average molecular weight is 246 g/mol. The summed E-state index contributed by atoms with van der Waals surface area (Å²) in [6.07, 6.45) is -0.946. The molecule has 1 atom stereocenters. The molecule has 0 saturated carbocycles. The maximum Gasteiger partial charge on any atom is 0.371 e. The maximum absolute atomic E-state index is 10.7. The van der Waals surface area contributed by atoms with Crippen molar-refractivity contribution in [1.82, 2.24) is 0 Å². The quantitative estimate of drug-likeness (QED) is 0.873. The van der Waals surface area contributed by atoms with Gasteiger partial charge >= 0.3 is 5.97 Å². The minimum absolute atomic E-state index is 0.172. The molecule has 0 aliphatic rings. The Kier molecular flexibility index (Phi) is 3.21. The molecule has 4 heteroatoms. The van der Waals surface area contributed by atoms with Crippen LogP contribution in [0.15, 0.2) is 34.7 Å². The molecule has 0 aliphatic heterocycles. The van der Waals surface area contributed by atoms with Gasteiger partial charge in [0.1, 0.15) is 11.9 Å². The fourth-order valence-corrected chi connectivity index (χ4v) is 1.90. The third-order valence-corrected chi connectivity index (χ3v) is 2.83. The van der Waals surface area contributed by atoms with Gasteiger partial charge in [-0.2, -0.15) is 0 Å². The SMILES string of the molecule is Cc1ccc(C(O)c2ccc(C(=O)O)o2)c(C)c1. The molecule has 1 aromatic carbocycles. The molecule has 0 aliphatic carbocycles. The van der Waals surface area contributed by atoms with E-state index in [1.807, 2.05) is 32.0 Å². The van der Waals surface area contributed by atoms with Gasteiger partial charge in [-0.05, 0) is 37.1 Å². The molecule has 0 fully saturated rings. The molecule has 0 bridgehead atoms. The smallest absolute Gasteiger partial charge is 0.371 e. The van der Waals surface area contributed by atoms with E-state index in [2.05, 4.69) is 0 Å². The maximum atomic E-state index is 10.7. The highest BCUT2D eigenvalue weighted by Gasteiger charge is 2.18. The van der Waals surface area contributed by atoms with Crippen molar-refractivity contribution in [1.29, 1.82) is 0 Å². The summed E-state index contributed by atoms with van der Waals surface area (Å²) in [5, 5.41) is 18.9.